The first kappa shape index (κ1) is 12.3. The Morgan fingerprint density at radius 3 is 2.56 bits per heavy atom. The molecule has 0 saturated heterocycles. The number of carbonyl (C=O) groups is 1. The Kier molecular flexibility index (Phi) is 4.13. The van der Waals surface area contributed by atoms with Crippen LogP contribution >= 0.6 is 0 Å². The maximum absolute atomic E-state index is 10.8. The Morgan fingerprint density at radius 1 is 1.44 bits per heavy atom. The topological polar surface area (TPSA) is 76.0 Å². The molecule has 2 N–H and O–H groups in total. The SMILES string of the molecule is CCOc1cccc(OC)c1C(O)C(=O)O. The molecular weight excluding hydrogens is 212 g/mol. The molecule has 0 bridgehead atoms. The van der Waals surface area contributed by atoms with Crippen molar-refractivity contribution >= 4 is 5.97 Å². The van der Waals surface area contributed by atoms with Gasteiger partial charge >= 0.3 is 5.97 Å². The fourth-order valence-corrected chi connectivity index (χ4v) is 1.38. The third-order valence-corrected chi connectivity index (χ3v) is 2.05. The van der Waals surface area contributed by atoms with Crippen molar-refractivity contribution in [2.24, 2.45) is 0 Å². The molecule has 0 heterocycles. The summed E-state index contributed by atoms with van der Waals surface area (Å²) in [5, 5.41) is 18.3. The molecule has 0 aliphatic carbocycles. The van der Waals surface area contributed by atoms with Gasteiger partial charge in [-0.1, -0.05) is 6.07 Å². The van der Waals surface area contributed by atoms with Gasteiger partial charge in [0, 0.05) is 0 Å². The highest BCUT2D eigenvalue weighted by Crippen LogP contribution is 2.34. The van der Waals surface area contributed by atoms with E-state index in [-0.39, 0.29) is 5.56 Å². The first-order valence-electron chi connectivity index (χ1n) is 4.82. The Balaban J connectivity index is 3.23. The van der Waals surface area contributed by atoms with E-state index in [4.69, 9.17) is 14.6 Å². The number of rotatable bonds is 5. The number of aliphatic hydroxyl groups excluding tert-OH is 1. The van der Waals surface area contributed by atoms with E-state index in [1.807, 2.05) is 0 Å². The summed E-state index contributed by atoms with van der Waals surface area (Å²) < 4.78 is 10.2. The first-order chi connectivity index (χ1) is 7.61. The molecule has 88 valence electrons. The van der Waals surface area contributed by atoms with Gasteiger partial charge in [-0.3, -0.25) is 0 Å². The number of methoxy groups -OCH3 is 1. The van der Waals surface area contributed by atoms with Crippen molar-refractivity contribution in [3.05, 3.63) is 23.8 Å². The molecular formula is C11H14O5. The summed E-state index contributed by atoms with van der Waals surface area (Å²) in [5.41, 5.74) is 0.138. The van der Waals surface area contributed by atoms with E-state index in [2.05, 4.69) is 0 Å². The molecule has 0 saturated carbocycles. The average Bonchev–Trinajstić information content (AvgIpc) is 2.28. The van der Waals surface area contributed by atoms with Gasteiger partial charge in [-0.2, -0.15) is 0 Å². The van der Waals surface area contributed by atoms with Crippen molar-refractivity contribution < 1.29 is 24.5 Å². The third kappa shape index (κ3) is 2.43. The van der Waals surface area contributed by atoms with Crippen molar-refractivity contribution in [3.63, 3.8) is 0 Å². The molecule has 16 heavy (non-hydrogen) atoms. The van der Waals surface area contributed by atoms with Gasteiger partial charge < -0.3 is 19.7 Å². The highest BCUT2D eigenvalue weighted by atomic mass is 16.5. The van der Waals surface area contributed by atoms with Crippen LogP contribution in [0.1, 0.15) is 18.6 Å². The van der Waals surface area contributed by atoms with Crippen LogP contribution < -0.4 is 9.47 Å². The van der Waals surface area contributed by atoms with Gasteiger partial charge in [0.1, 0.15) is 11.5 Å². The molecule has 0 aromatic heterocycles. The number of hydrogen-bond donors (Lipinski definition) is 2. The molecule has 1 atom stereocenters. The normalized spacial score (nSPS) is 11.9. The number of ether oxygens (including phenoxy) is 2. The number of hydrogen-bond acceptors (Lipinski definition) is 4. The van der Waals surface area contributed by atoms with Crippen LogP contribution in [-0.4, -0.2) is 29.9 Å². The molecule has 1 unspecified atom stereocenters. The number of benzene rings is 1. The highest BCUT2D eigenvalue weighted by Gasteiger charge is 2.24. The van der Waals surface area contributed by atoms with Gasteiger partial charge in [0.15, 0.2) is 6.10 Å². The third-order valence-electron chi connectivity index (χ3n) is 2.05. The van der Waals surface area contributed by atoms with Crippen LogP contribution in [0.3, 0.4) is 0 Å². The lowest BCUT2D eigenvalue weighted by Crippen LogP contribution is -2.13. The second-order valence-electron chi connectivity index (χ2n) is 3.05. The van der Waals surface area contributed by atoms with E-state index in [1.165, 1.54) is 7.11 Å². The lowest BCUT2D eigenvalue weighted by molar-refractivity contribution is -0.147. The van der Waals surface area contributed by atoms with E-state index in [1.54, 1.807) is 25.1 Å². The van der Waals surface area contributed by atoms with Crippen molar-refractivity contribution in [1.29, 1.82) is 0 Å². The van der Waals surface area contributed by atoms with Crippen LogP contribution in [0, 0.1) is 0 Å². The zero-order valence-electron chi connectivity index (χ0n) is 9.14. The van der Waals surface area contributed by atoms with E-state index < -0.39 is 12.1 Å². The fourth-order valence-electron chi connectivity index (χ4n) is 1.38. The summed E-state index contributed by atoms with van der Waals surface area (Å²) in [7, 11) is 1.41. The molecule has 0 amide bonds. The first-order valence-corrected chi connectivity index (χ1v) is 4.82. The predicted octanol–water partition coefficient (Wildman–Crippen LogP) is 1.21. The molecule has 5 heteroatoms. The summed E-state index contributed by atoms with van der Waals surface area (Å²) in [6.07, 6.45) is -1.65. The van der Waals surface area contributed by atoms with Crippen LogP contribution in [0.15, 0.2) is 18.2 Å². The second-order valence-corrected chi connectivity index (χ2v) is 3.05. The molecule has 1 aromatic carbocycles. The average molecular weight is 226 g/mol. The van der Waals surface area contributed by atoms with Crippen LogP contribution in [0.4, 0.5) is 0 Å². The Labute approximate surface area is 93.2 Å². The van der Waals surface area contributed by atoms with Gasteiger partial charge in [0.05, 0.1) is 19.3 Å². The molecule has 5 nitrogen and oxygen atoms in total. The van der Waals surface area contributed by atoms with Gasteiger partial charge in [0.2, 0.25) is 0 Å². The summed E-state index contributed by atoms with van der Waals surface area (Å²) in [5.74, 6) is -0.733. The number of aliphatic carboxylic acids is 1. The summed E-state index contributed by atoms with van der Waals surface area (Å²) >= 11 is 0. The lowest BCUT2D eigenvalue weighted by Gasteiger charge is -2.15. The van der Waals surface area contributed by atoms with Gasteiger partial charge in [0.25, 0.3) is 0 Å². The van der Waals surface area contributed by atoms with Crippen molar-refractivity contribution in [1.82, 2.24) is 0 Å². The summed E-state index contributed by atoms with van der Waals surface area (Å²) in [6, 6.07) is 4.83. The largest absolute Gasteiger partial charge is 0.496 e. The predicted molar refractivity (Wildman–Crippen MR) is 56.8 cm³/mol. The van der Waals surface area contributed by atoms with Crippen LogP contribution in [-0.2, 0) is 4.79 Å². The Hall–Kier alpha value is -1.75. The minimum Gasteiger partial charge on any atom is -0.496 e. The van der Waals surface area contributed by atoms with Crippen LogP contribution in [0.25, 0.3) is 0 Å². The van der Waals surface area contributed by atoms with Gasteiger partial charge in [-0.15, -0.1) is 0 Å². The summed E-state index contributed by atoms with van der Waals surface area (Å²) in [6.45, 7) is 2.16. The molecule has 1 rings (SSSR count). The fraction of sp³-hybridized carbons (Fsp3) is 0.364. The molecule has 0 radical (unpaired) electrons. The second kappa shape index (κ2) is 5.37. The van der Waals surface area contributed by atoms with E-state index in [9.17, 15) is 9.90 Å². The monoisotopic (exact) mass is 226 g/mol. The highest BCUT2D eigenvalue weighted by molar-refractivity contribution is 5.76. The van der Waals surface area contributed by atoms with Crippen molar-refractivity contribution in [2.45, 2.75) is 13.0 Å². The van der Waals surface area contributed by atoms with Gasteiger partial charge in [-0.05, 0) is 19.1 Å². The number of carboxylic acids is 1. The zero-order valence-corrected chi connectivity index (χ0v) is 9.14. The molecule has 0 aliphatic rings. The Morgan fingerprint density at radius 2 is 2.06 bits per heavy atom. The van der Waals surface area contributed by atoms with E-state index in [0.29, 0.717) is 18.1 Å². The standard InChI is InChI=1S/C11H14O5/c1-3-16-8-6-4-5-7(15-2)9(8)10(12)11(13)14/h4-6,10,12H,3H2,1-2H3,(H,13,14). The zero-order chi connectivity index (χ0) is 12.1. The minimum atomic E-state index is -1.65. The molecule has 0 spiro atoms. The number of aliphatic hydroxyl groups is 1. The quantitative estimate of drug-likeness (QED) is 0.789. The van der Waals surface area contributed by atoms with Crippen LogP contribution in [0.2, 0.25) is 0 Å². The number of carboxylic acid groups (broad SMARTS) is 1. The lowest BCUT2D eigenvalue weighted by atomic mass is 10.1. The Bertz CT molecular complexity index is 375. The van der Waals surface area contributed by atoms with Gasteiger partial charge in [-0.25, -0.2) is 4.79 Å². The molecule has 0 aliphatic heterocycles. The van der Waals surface area contributed by atoms with Crippen molar-refractivity contribution in [3.8, 4) is 11.5 Å². The van der Waals surface area contributed by atoms with E-state index in [0.717, 1.165) is 0 Å². The maximum Gasteiger partial charge on any atom is 0.337 e. The molecule has 1 aromatic rings. The van der Waals surface area contributed by atoms with Crippen LogP contribution in [0.5, 0.6) is 11.5 Å². The maximum atomic E-state index is 10.8. The van der Waals surface area contributed by atoms with Crippen molar-refractivity contribution in [2.75, 3.05) is 13.7 Å². The molecule has 0 fully saturated rings. The minimum absolute atomic E-state index is 0.138. The summed E-state index contributed by atoms with van der Waals surface area (Å²) in [4.78, 5) is 10.8. The smallest absolute Gasteiger partial charge is 0.337 e. The van der Waals surface area contributed by atoms with E-state index >= 15 is 0 Å².